The molecule has 0 atom stereocenters. The highest BCUT2D eigenvalue weighted by molar-refractivity contribution is 5.80. The Morgan fingerprint density at radius 2 is 1.79 bits per heavy atom. The van der Waals surface area contributed by atoms with Gasteiger partial charge in [0.15, 0.2) is 0 Å². The van der Waals surface area contributed by atoms with Gasteiger partial charge < -0.3 is 19.9 Å². The summed E-state index contributed by atoms with van der Waals surface area (Å²) in [7, 11) is 0. The van der Waals surface area contributed by atoms with Gasteiger partial charge in [0.25, 0.3) is 0 Å². The Hall–Kier alpha value is -1.30. The van der Waals surface area contributed by atoms with Crippen LogP contribution in [-0.4, -0.2) is 66.7 Å². The Bertz CT molecular complexity index is 455. The van der Waals surface area contributed by atoms with Crippen molar-refractivity contribution in [1.82, 2.24) is 15.1 Å². The molecule has 2 amide bonds. The highest BCUT2D eigenvalue weighted by Crippen LogP contribution is 2.52. The Balaban J connectivity index is 1.64. The lowest BCUT2D eigenvalue weighted by Gasteiger charge is -2.58. The fourth-order valence-electron chi connectivity index (χ4n) is 3.67. The van der Waals surface area contributed by atoms with Crippen molar-refractivity contribution in [2.75, 3.05) is 39.3 Å². The van der Waals surface area contributed by atoms with E-state index < -0.39 is 5.60 Å². The summed E-state index contributed by atoms with van der Waals surface area (Å²) in [6.45, 7) is 15.0. The van der Waals surface area contributed by atoms with Crippen molar-refractivity contribution in [2.45, 2.75) is 53.1 Å². The highest BCUT2D eigenvalue weighted by atomic mass is 16.6. The van der Waals surface area contributed by atoms with Gasteiger partial charge in [-0.3, -0.25) is 4.79 Å². The molecule has 1 heterocycles. The van der Waals surface area contributed by atoms with E-state index in [1.807, 2.05) is 20.8 Å². The first-order valence-corrected chi connectivity index (χ1v) is 9.16. The molecular weight excluding hydrogens is 306 g/mol. The smallest absolute Gasteiger partial charge is 0.410 e. The maximum Gasteiger partial charge on any atom is 0.410 e. The van der Waals surface area contributed by atoms with Crippen molar-refractivity contribution >= 4 is 12.0 Å². The third-order valence-corrected chi connectivity index (χ3v) is 5.06. The van der Waals surface area contributed by atoms with Crippen LogP contribution in [0.2, 0.25) is 0 Å². The van der Waals surface area contributed by atoms with Gasteiger partial charge >= 0.3 is 6.09 Å². The fraction of sp³-hybridized carbons (Fsp3) is 0.889. The van der Waals surface area contributed by atoms with E-state index in [0.717, 1.165) is 45.6 Å². The van der Waals surface area contributed by atoms with Gasteiger partial charge in [-0.15, -0.1) is 0 Å². The van der Waals surface area contributed by atoms with Crippen LogP contribution in [0, 0.1) is 11.3 Å². The summed E-state index contributed by atoms with van der Waals surface area (Å²) < 4.78 is 5.38. The molecule has 0 aromatic rings. The van der Waals surface area contributed by atoms with Crippen LogP contribution >= 0.6 is 0 Å². The number of likely N-dealkylation sites (tertiary alicyclic amines) is 1. The molecule has 0 bridgehead atoms. The summed E-state index contributed by atoms with van der Waals surface area (Å²) in [6, 6.07) is 0. The van der Waals surface area contributed by atoms with Gasteiger partial charge in [-0.25, -0.2) is 4.79 Å². The van der Waals surface area contributed by atoms with Crippen molar-refractivity contribution in [1.29, 1.82) is 0 Å². The molecule has 2 fully saturated rings. The van der Waals surface area contributed by atoms with Crippen LogP contribution in [0.25, 0.3) is 0 Å². The molecule has 1 saturated carbocycles. The molecule has 0 aromatic heterocycles. The number of hydrogen-bond acceptors (Lipinski definition) is 4. The predicted molar refractivity (Wildman–Crippen MR) is 93.8 cm³/mol. The summed E-state index contributed by atoms with van der Waals surface area (Å²) in [5.74, 6) is 0.283. The lowest BCUT2D eigenvalue weighted by Crippen LogP contribution is -2.65. The van der Waals surface area contributed by atoms with E-state index in [1.165, 1.54) is 0 Å². The molecule has 2 aliphatic rings. The summed E-state index contributed by atoms with van der Waals surface area (Å²) in [4.78, 5) is 28.2. The molecule has 1 aliphatic heterocycles. The SMILES string of the molecule is CCN(CC)CCNC(=O)C1CC2(C1)CN(C(=O)OC(C)(C)C)C2. The average Bonchev–Trinajstić information content (AvgIpc) is 2.38. The van der Waals surface area contributed by atoms with Gasteiger partial charge in [-0.05, 0) is 46.7 Å². The Morgan fingerprint density at radius 3 is 2.29 bits per heavy atom. The van der Waals surface area contributed by atoms with Crippen LogP contribution in [0.4, 0.5) is 4.79 Å². The van der Waals surface area contributed by atoms with Crippen molar-refractivity contribution in [3.05, 3.63) is 0 Å². The van der Waals surface area contributed by atoms with E-state index in [4.69, 9.17) is 4.74 Å². The normalized spacial score (nSPS) is 19.8. The minimum absolute atomic E-state index is 0.113. The third kappa shape index (κ3) is 4.62. The van der Waals surface area contributed by atoms with Crippen LogP contribution < -0.4 is 5.32 Å². The van der Waals surface area contributed by atoms with Crippen molar-refractivity contribution in [2.24, 2.45) is 11.3 Å². The van der Waals surface area contributed by atoms with Gasteiger partial charge in [0.1, 0.15) is 5.60 Å². The van der Waals surface area contributed by atoms with Crippen LogP contribution in [0.3, 0.4) is 0 Å². The lowest BCUT2D eigenvalue weighted by atomic mass is 9.57. The van der Waals surface area contributed by atoms with E-state index in [2.05, 4.69) is 24.1 Å². The maximum atomic E-state index is 12.2. The molecule has 0 unspecified atom stereocenters. The summed E-state index contributed by atoms with van der Waals surface area (Å²) >= 11 is 0. The largest absolute Gasteiger partial charge is 0.444 e. The van der Waals surface area contributed by atoms with Crippen LogP contribution in [0.5, 0.6) is 0 Å². The number of carbonyl (C=O) groups is 2. The molecule has 6 heteroatoms. The molecular formula is C18H33N3O3. The lowest BCUT2D eigenvalue weighted by molar-refractivity contribution is -0.142. The van der Waals surface area contributed by atoms with Crippen molar-refractivity contribution in [3.8, 4) is 0 Å². The second kappa shape index (κ2) is 7.30. The quantitative estimate of drug-likeness (QED) is 0.805. The zero-order valence-corrected chi connectivity index (χ0v) is 15.9. The van der Waals surface area contributed by atoms with Crippen molar-refractivity contribution < 1.29 is 14.3 Å². The zero-order chi connectivity index (χ0) is 18.0. The summed E-state index contributed by atoms with van der Waals surface area (Å²) in [5, 5.41) is 3.05. The van der Waals surface area contributed by atoms with Gasteiger partial charge in [0, 0.05) is 37.5 Å². The number of rotatable bonds is 6. The number of hydrogen-bond donors (Lipinski definition) is 1. The topological polar surface area (TPSA) is 61.9 Å². The predicted octanol–water partition coefficient (Wildman–Crippen LogP) is 2.09. The number of likely N-dealkylation sites (N-methyl/N-ethyl adjacent to an activating group) is 1. The molecule has 6 nitrogen and oxygen atoms in total. The summed E-state index contributed by atoms with van der Waals surface area (Å²) in [6.07, 6.45) is 1.55. The average molecular weight is 339 g/mol. The molecule has 0 radical (unpaired) electrons. The second-order valence-corrected chi connectivity index (χ2v) is 8.26. The minimum Gasteiger partial charge on any atom is -0.444 e. The molecule has 138 valence electrons. The Morgan fingerprint density at radius 1 is 1.21 bits per heavy atom. The third-order valence-electron chi connectivity index (χ3n) is 5.06. The second-order valence-electron chi connectivity index (χ2n) is 8.26. The molecule has 2 rings (SSSR count). The van der Waals surface area contributed by atoms with Crippen molar-refractivity contribution in [3.63, 3.8) is 0 Å². The zero-order valence-electron chi connectivity index (χ0n) is 15.9. The molecule has 0 aromatic carbocycles. The monoisotopic (exact) mass is 339 g/mol. The summed E-state index contributed by atoms with van der Waals surface area (Å²) in [5.41, 5.74) is -0.287. The van der Waals surface area contributed by atoms with Gasteiger partial charge in [-0.1, -0.05) is 13.8 Å². The first-order valence-electron chi connectivity index (χ1n) is 9.16. The Kier molecular flexibility index (Phi) is 5.78. The van der Waals surface area contributed by atoms with E-state index in [-0.39, 0.29) is 23.3 Å². The standard InChI is InChI=1S/C18H33N3O3/c1-6-20(7-2)9-8-19-15(22)14-10-18(11-14)12-21(13-18)16(23)24-17(3,4)5/h14H,6-13H2,1-5H3,(H,19,22). The molecule has 1 aliphatic carbocycles. The van der Waals surface area contributed by atoms with E-state index >= 15 is 0 Å². The van der Waals surface area contributed by atoms with E-state index in [9.17, 15) is 9.59 Å². The van der Waals surface area contributed by atoms with Crippen LogP contribution in [0.1, 0.15) is 47.5 Å². The molecule has 24 heavy (non-hydrogen) atoms. The van der Waals surface area contributed by atoms with E-state index in [0.29, 0.717) is 6.54 Å². The maximum absolute atomic E-state index is 12.2. The molecule has 1 N–H and O–H groups in total. The number of carbonyl (C=O) groups excluding carboxylic acids is 2. The van der Waals surface area contributed by atoms with Crippen LogP contribution in [-0.2, 0) is 9.53 Å². The number of nitrogens with zero attached hydrogens (tertiary/aromatic N) is 2. The first-order chi connectivity index (χ1) is 11.2. The van der Waals surface area contributed by atoms with Gasteiger partial charge in [0.05, 0.1) is 0 Å². The number of nitrogens with one attached hydrogen (secondary N) is 1. The van der Waals surface area contributed by atoms with Crippen LogP contribution in [0.15, 0.2) is 0 Å². The molecule has 1 saturated heterocycles. The van der Waals surface area contributed by atoms with Gasteiger partial charge in [-0.2, -0.15) is 0 Å². The number of amides is 2. The molecule has 1 spiro atoms. The minimum atomic E-state index is -0.452. The number of ether oxygens (including phenoxy) is 1. The fourth-order valence-corrected chi connectivity index (χ4v) is 3.67. The Labute approximate surface area is 145 Å². The highest BCUT2D eigenvalue weighted by Gasteiger charge is 2.56. The van der Waals surface area contributed by atoms with Gasteiger partial charge in [0.2, 0.25) is 5.91 Å². The first kappa shape index (κ1) is 19.0. The van der Waals surface area contributed by atoms with E-state index in [1.54, 1.807) is 4.90 Å².